The number of carbonyl (C=O) groups excluding carboxylic acids is 1. The fourth-order valence-electron chi connectivity index (χ4n) is 4.45. The number of hydrogen-bond donors (Lipinski definition) is 0. The molecule has 2 aromatic carbocycles. The molecule has 6 heteroatoms. The molecular formula is C21H17NO5. The first kappa shape index (κ1) is 16.2. The van der Waals surface area contributed by atoms with Gasteiger partial charge in [-0.05, 0) is 18.4 Å². The van der Waals surface area contributed by atoms with Crippen LogP contribution < -0.4 is 0 Å². The van der Waals surface area contributed by atoms with E-state index in [0.717, 1.165) is 24.0 Å². The van der Waals surface area contributed by atoms with Gasteiger partial charge in [0.15, 0.2) is 5.78 Å². The third kappa shape index (κ3) is 2.40. The molecule has 0 radical (unpaired) electrons. The summed E-state index contributed by atoms with van der Waals surface area (Å²) in [4.78, 5) is 23.8. The molecular weight excluding hydrogens is 346 g/mol. The Hall–Kier alpha value is -2.99. The molecule has 2 heterocycles. The zero-order chi connectivity index (χ0) is 18.5. The van der Waals surface area contributed by atoms with Crippen molar-refractivity contribution in [1.82, 2.24) is 0 Å². The van der Waals surface area contributed by atoms with Crippen molar-refractivity contribution in [2.24, 2.45) is 5.92 Å². The van der Waals surface area contributed by atoms with Crippen molar-refractivity contribution < 1.29 is 19.2 Å². The van der Waals surface area contributed by atoms with Gasteiger partial charge in [-0.15, -0.1) is 0 Å². The van der Waals surface area contributed by atoms with E-state index in [1.54, 1.807) is 12.1 Å². The molecule has 0 saturated carbocycles. The second-order valence-electron chi connectivity index (χ2n) is 7.11. The highest BCUT2D eigenvalue weighted by molar-refractivity contribution is 6.20. The number of ketones is 1. The molecule has 3 aliphatic rings. The molecule has 27 heavy (non-hydrogen) atoms. The summed E-state index contributed by atoms with van der Waals surface area (Å²) in [5.74, 6) is 0.395. The van der Waals surface area contributed by atoms with E-state index in [1.165, 1.54) is 12.1 Å². The Balaban J connectivity index is 1.66. The fraction of sp³-hybridized carbons (Fsp3) is 0.286. The van der Waals surface area contributed by atoms with E-state index in [9.17, 15) is 14.9 Å². The monoisotopic (exact) mass is 363 g/mol. The number of nitrogens with zero attached hydrogens (tertiary/aromatic N) is 1. The maximum Gasteiger partial charge on any atom is 0.269 e. The number of carbonyl (C=O) groups is 1. The number of fused-ring (bicyclic) bond motifs is 3. The Bertz CT molecular complexity index is 978. The molecule has 3 atom stereocenters. The van der Waals surface area contributed by atoms with Crippen molar-refractivity contribution in [2.75, 3.05) is 6.61 Å². The number of allylic oxidation sites excluding steroid dienone is 1. The minimum Gasteiger partial charge on any atom is -0.463 e. The van der Waals surface area contributed by atoms with Crippen molar-refractivity contribution in [3.63, 3.8) is 0 Å². The Kier molecular flexibility index (Phi) is 3.62. The second kappa shape index (κ2) is 6.03. The van der Waals surface area contributed by atoms with Gasteiger partial charge >= 0.3 is 0 Å². The van der Waals surface area contributed by atoms with E-state index in [4.69, 9.17) is 9.47 Å². The van der Waals surface area contributed by atoms with Crippen LogP contribution in [-0.2, 0) is 9.47 Å². The first-order valence-corrected chi connectivity index (χ1v) is 9.06. The summed E-state index contributed by atoms with van der Waals surface area (Å²) in [6, 6.07) is 13.9. The molecule has 1 saturated heterocycles. The minimum atomic E-state index is -0.415. The van der Waals surface area contributed by atoms with Crippen LogP contribution in [0.2, 0.25) is 0 Å². The van der Waals surface area contributed by atoms with Gasteiger partial charge in [-0.25, -0.2) is 0 Å². The number of nitro groups is 1. The van der Waals surface area contributed by atoms with Crippen LogP contribution in [0.15, 0.2) is 54.1 Å². The van der Waals surface area contributed by atoms with Crippen LogP contribution >= 0.6 is 0 Å². The largest absolute Gasteiger partial charge is 0.463 e. The zero-order valence-electron chi connectivity index (χ0n) is 14.5. The van der Waals surface area contributed by atoms with Crippen LogP contribution in [0.1, 0.15) is 40.2 Å². The summed E-state index contributed by atoms with van der Waals surface area (Å²) in [5, 5.41) is 11.0. The summed E-state index contributed by atoms with van der Waals surface area (Å²) >= 11 is 0. The number of non-ortho nitro benzene ring substituents is 1. The Morgan fingerprint density at radius 3 is 2.52 bits per heavy atom. The zero-order valence-corrected chi connectivity index (χ0v) is 14.5. The molecule has 6 nitrogen and oxygen atoms in total. The van der Waals surface area contributed by atoms with Crippen LogP contribution in [0.5, 0.6) is 0 Å². The first-order valence-electron chi connectivity index (χ1n) is 9.06. The van der Waals surface area contributed by atoms with Gasteiger partial charge in [0.05, 0.1) is 17.1 Å². The number of hydrogen-bond acceptors (Lipinski definition) is 5. The Morgan fingerprint density at radius 2 is 1.78 bits per heavy atom. The molecule has 0 unspecified atom stereocenters. The molecule has 2 aliphatic heterocycles. The van der Waals surface area contributed by atoms with E-state index in [1.807, 2.05) is 24.3 Å². The number of Topliss-reactive ketones (excluding diaryl/α,β-unsaturated/α-hetero) is 1. The minimum absolute atomic E-state index is 0.0113. The molecule has 0 N–H and O–H groups in total. The third-order valence-electron chi connectivity index (χ3n) is 5.66. The van der Waals surface area contributed by atoms with E-state index in [-0.39, 0.29) is 23.3 Å². The van der Waals surface area contributed by atoms with Crippen molar-refractivity contribution in [1.29, 1.82) is 0 Å². The lowest BCUT2D eigenvalue weighted by atomic mass is 9.74. The summed E-state index contributed by atoms with van der Waals surface area (Å²) in [6.45, 7) is 0.631. The normalized spacial score (nSPS) is 26.1. The maximum atomic E-state index is 13.2. The smallest absolute Gasteiger partial charge is 0.269 e. The highest BCUT2D eigenvalue weighted by Crippen LogP contribution is 2.52. The highest BCUT2D eigenvalue weighted by Gasteiger charge is 2.48. The first-order chi connectivity index (χ1) is 13.1. The molecule has 136 valence electrons. The fourth-order valence-corrected chi connectivity index (χ4v) is 4.45. The van der Waals surface area contributed by atoms with Gasteiger partial charge in [-0.1, -0.05) is 36.4 Å². The summed E-state index contributed by atoms with van der Waals surface area (Å²) in [6.07, 6.45) is 1.38. The van der Waals surface area contributed by atoms with Gasteiger partial charge in [0, 0.05) is 35.1 Å². The van der Waals surface area contributed by atoms with Crippen LogP contribution in [-0.4, -0.2) is 23.6 Å². The molecule has 0 spiro atoms. The third-order valence-corrected chi connectivity index (χ3v) is 5.66. The number of ether oxygens (including phenoxy) is 2. The molecule has 0 aromatic heterocycles. The van der Waals surface area contributed by atoms with E-state index in [2.05, 4.69) is 0 Å². The SMILES string of the molecule is O=C1C2=C(O[C@H]3OCCC[C@H]3[C@H]2c2ccc([N+](=O)[O-])cc2)c2ccccc21. The van der Waals surface area contributed by atoms with Crippen LogP contribution in [0.4, 0.5) is 5.69 Å². The molecule has 5 rings (SSSR count). The number of benzene rings is 2. The number of nitro benzene ring substituents is 1. The predicted molar refractivity (Wildman–Crippen MR) is 97.1 cm³/mol. The summed E-state index contributed by atoms with van der Waals surface area (Å²) in [7, 11) is 0. The predicted octanol–water partition coefficient (Wildman–Crippen LogP) is 4.07. The maximum absolute atomic E-state index is 13.2. The van der Waals surface area contributed by atoms with Gasteiger partial charge in [0.2, 0.25) is 6.29 Å². The van der Waals surface area contributed by atoms with Gasteiger partial charge in [0.1, 0.15) is 5.76 Å². The van der Waals surface area contributed by atoms with E-state index in [0.29, 0.717) is 23.5 Å². The lowest BCUT2D eigenvalue weighted by Crippen LogP contribution is -2.40. The summed E-state index contributed by atoms with van der Waals surface area (Å²) < 4.78 is 12.0. The van der Waals surface area contributed by atoms with Crippen LogP contribution in [0.25, 0.3) is 5.76 Å². The van der Waals surface area contributed by atoms with Crippen molar-refractivity contribution in [3.05, 3.63) is 80.9 Å². The van der Waals surface area contributed by atoms with E-state index < -0.39 is 11.2 Å². The van der Waals surface area contributed by atoms with Crippen molar-refractivity contribution in [3.8, 4) is 0 Å². The quantitative estimate of drug-likeness (QED) is 0.594. The highest BCUT2D eigenvalue weighted by atomic mass is 16.7. The van der Waals surface area contributed by atoms with Crippen LogP contribution in [0, 0.1) is 16.0 Å². The van der Waals surface area contributed by atoms with Crippen LogP contribution in [0.3, 0.4) is 0 Å². The van der Waals surface area contributed by atoms with Gasteiger partial charge in [0.25, 0.3) is 5.69 Å². The lowest BCUT2D eigenvalue weighted by molar-refractivity contribution is -0.384. The van der Waals surface area contributed by atoms with Crippen molar-refractivity contribution >= 4 is 17.2 Å². The molecule has 2 aromatic rings. The topological polar surface area (TPSA) is 78.7 Å². The standard InChI is InChI=1S/C21H17NO5/c23-19-14-4-1-2-5-15(14)20-18(19)17(16-6-3-11-26-21(16)27-20)12-7-9-13(10-8-12)22(24)25/h1-2,4-5,7-10,16-17,21H,3,6,11H2/t16-,17+,21+/m0/s1. The average Bonchev–Trinajstić information content (AvgIpc) is 2.99. The number of rotatable bonds is 2. The van der Waals surface area contributed by atoms with Crippen molar-refractivity contribution in [2.45, 2.75) is 25.0 Å². The van der Waals surface area contributed by atoms with Gasteiger partial charge in [-0.2, -0.15) is 0 Å². The second-order valence-corrected chi connectivity index (χ2v) is 7.11. The summed E-state index contributed by atoms with van der Waals surface area (Å²) in [5.41, 5.74) is 3.03. The molecule has 0 amide bonds. The molecule has 1 fully saturated rings. The van der Waals surface area contributed by atoms with E-state index >= 15 is 0 Å². The Morgan fingerprint density at radius 1 is 1.04 bits per heavy atom. The average molecular weight is 363 g/mol. The Labute approximate surface area is 155 Å². The lowest BCUT2D eigenvalue weighted by Gasteiger charge is -2.41. The van der Waals surface area contributed by atoms with Gasteiger partial charge in [-0.3, -0.25) is 14.9 Å². The molecule has 1 aliphatic carbocycles. The molecule has 0 bridgehead atoms. The van der Waals surface area contributed by atoms with Gasteiger partial charge < -0.3 is 9.47 Å².